The van der Waals surface area contributed by atoms with E-state index < -0.39 is 0 Å². The maximum atomic E-state index is 8.89. The zero-order valence-electron chi connectivity index (χ0n) is 8.55. The average Bonchev–Trinajstić information content (AvgIpc) is 2.78. The molecule has 4 heteroatoms. The summed E-state index contributed by atoms with van der Waals surface area (Å²) in [7, 11) is 1.62. The Balaban J connectivity index is 2.04. The number of methoxy groups -OCH3 is 1. The molecule has 0 bridgehead atoms. The Kier molecular flexibility index (Phi) is 3.20. The summed E-state index contributed by atoms with van der Waals surface area (Å²) in [6.45, 7) is 0.430. The normalized spacial score (nSPS) is 25.5. The van der Waals surface area contributed by atoms with Gasteiger partial charge in [0.25, 0.3) is 0 Å². The van der Waals surface area contributed by atoms with Crippen LogP contribution < -0.4 is 4.74 Å². The topological polar surface area (TPSA) is 47.9 Å². The first-order chi connectivity index (χ1) is 7.33. The Morgan fingerprint density at radius 1 is 1.40 bits per heavy atom. The van der Waals surface area contributed by atoms with Crippen molar-refractivity contribution < 1.29 is 19.3 Å². The SMILES string of the molecule is COc1ccc(C2OCC(CO)O2)cc1. The molecule has 1 aromatic carbocycles. The van der Waals surface area contributed by atoms with Gasteiger partial charge in [-0.05, 0) is 12.1 Å². The van der Waals surface area contributed by atoms with Crippen LogP contribution >= 0.6 is 0 Å². The van der Waals surface area contributed by atoms with E-state index in [1.807, 2.05) is 24.3 Å². The summed E-state index contributed by atoms with van der Waals surface area (Å²) in [4.78, 5) is 0. The van der Waals surface area contributed by atoms with E-state index in [1.54, 1.807) is 7.11 Å². The number of ether oxygens (including phenoxy) is 3. The Morgan fingerprint density at radius 2 is 2.13 bits per heavy atom. The molecule has 2 atom stereocenters. The van der Waals surface area contributed by atoms with Crippen molar-refractivity contribution in [1.82, 2.24) is 0 Å². The number of aliphatic hydroxyl groups is 1. The molecule has 1 fully saturated rings. The first-order valence-electron chi connectivity index (χ1n) is 4.85. The predicted octanol–water partition coefficient (Wildman–Crippen LogP) is 1.10. The van der Waals surface area contributed by atoms with Gasteiger partial charge in [-0.2, -0.15) is 0 Å². The highest BCUT2D eigenvalue weighted by molar-refractivity contribution is 5.28. The fourth-order valence-corrected chi connectivity index (χ4v) is 1.48. The van der Waals surface area contributed by atoms with Crippen LogP contribution in [0.3, 0.4) is 0 Å². The fraction of sp³-hybridized carbons (Fsp3) is 0.455. The second kappa shape index (κ2) is 4.61. The minimum Gasteiger partial charge on any atom is -0.497 e. The molecule has 1 saturated heterocycles. The highest BCUT2D eigenvalue weighted by Crippen LogP contribution is 2.27. The summed E-state index contributed by atoms with van der Waals surface area (Å²) in [6.07, 6.45) is -0.579. The second-order valence-corrected chi connectivity index (χ2v) is 3.38. The second-order valence-electron chi connectivity index (χ2n) is 3.38. The van der Waals surface area contributed by atoms with Gasteiger partial charge in [0.05, 0.1) is 20.3 Å². The summed E-state index contributed by atoms with van der Waals surface area (Å²) >= 11 is 0. The van der Waals surface area contributed by atoms with Crippen molar-refractivity contribution in [3.63, 3.8) is 0 Å². The lowest BCUT2D eigenvalue weighted by atomic mass is 10.2. The van der Waals surface area contributed by atoms with E-state index in [9.17, 15) is 0 Å². The zero-order chi connectivity index (χ0) is 10.7. The van der Waals surface area contributed by atoms with Gasteiger partial charge in [0.1, 0.15) is 11.9 Å². The third-order valence-electron chi connectivity index (χ3n) is 2.34. The van der Waals surface area contributed by atoms with Crippen LogP contribution in [0.1, 0.15) is 11.9 Å². The molecule has 0 aliphatic carbocycles. The van der Waals surface area contributed by atoms with E-state index in [4.69, 9.17) is 19.3 Å². The molecular weight excluding hydrogens is 196 g/mol. The Bertz CT molecular complexity index is 309. The lowest BCUT2D eigenvalue weighted by molar-refractivity contribution is -0.0675. The van der Waals surface area contributed by atoms with Crippen LogP contribution in [-0.2, 0) is 9.47 Å². The van der Waals surface area contributed by atoms with E-state index in [-0.39, 0.29) is 19.0 Å². The minimum atomic E-state index is -0.368. The quantitative estimate of drug-likeness (QED) is 0.811. The molecular formula is C11H14O4. The van der Waals surface area contributed by atoms with Gasteiger partial charge in [0, 0.05) is 5.56 Å². The van der Waals surface area contributed by atoms with Crippen LogP contribution in [0.2, 0.25) is 0 Å². The molecule has 0 saturated carbocycles. The van der Waals surface area contributed by atoms with Crippen LogP contribution in [0.25, 0.3) is 0 Å². The van der Waals surface area contributed by atoms with Gasteiger partial charge in [-0.15, -0.1) is 0 Å². The Hall–Kier alpha value is -1.10. The number of aliphatic hydroxyl groups excluding tert-OH is 1. The predicted molar refractivity (Wildman–Crippen MR) is 53.6 cm³/mol. The molecule has 1 aliphatic rings. The molecule has 82 valence electrons. The molecule has 2 rings (SSSR count). The number of hydrogen-bond acceptors (Lipinski definition) is 4. The number of benzene rings is 1. The first-order valence-corrected chi connectivity index (χ1v) is 4.85. The molecule has 0 amide bonds. The van der Waals surface area contributed by atoms with E-state index in [0.717, 1.165) is 11.3 Å². The standard InChI is InChI=1S/C11H14O4/c1-13-9-4-2-8(3-5-9)11-14-7-10(6-12)15-11/h2-5,10-12H,6-7H2,1H3. The smallest absolute Gasteiger partial charge is 0.184 e. The van der Waals surface area contributed by atoms with Gasteiger partial charge in [-0.3, -0.25) is 0 Å². The number of rotatable bonds is 3. The molecule has 15 heavy (non-hydrogen) atoms. The molecule has 0 radical (unpaired) electrons. The van der Waals surface area contributed by atoms with Crippen molar-refractivity contribution in [3.05, 3.63) is 29.8 Å². The number of hydrogen-bond donors (Lipinski definition) is 1. The third-order valence-corrected chi connectivity index (χ3v) is 2.34. The van der Waals surface area contributed by atoms with Crippen LogP contribution in [0, 0.1) is 0 Å². The van der Waals surface area contributed by atoms with E-state index in [2.05, 4.69) is 0 Å². The highest BCUT2D eigenvalue weighted by Gasteiger charge is 2.26. The summed E-state index contributed by atoms with van der Waals surface area (Å²) in [6, 6.07) is 7.50. The van der Waals surface area contributed by atoms with Gasteiger partial charge in [0.2, 0.25) is 0 Å². The third kappa shape index (κ3) is 2.28. The van der Waals surface area contributed by atoms with E-state index in [1.165, 1.54) is 0 Å². The van der Waals surface area contributed by atoms with Crippen LogP contribution in [0.15, 0.2) is 24.3 Å². The molecule has 0 aromatic heterocycles. The molecule has 4 nitrogen and oxygen atoms in total. The van der Waals surface area contributed by atoms with Gasteiger partial charge in [0.15, 0.2) is 6.29 Å². The molecule has 1 aliphatic heterocycles. The average molecular weight is 210 g/mol. The van der Waals surface area contributed by atoms with Crippen LogP contribution in [0.4, 0.5) is 0 Å². The van der Waals surface area contributed by atoms with Crippen LogP contribution in [-0.4, -0.2) is 31.5 Å². The summed E-state index contributed by atoms with van der Waals surface area (Å²) < 4.78 is 15.9. The summed E-state index contributed by atoms with van der Waals surface area (Å²) in [5.41, 5.74) is 0.937. The highest BCUT2D eigenvalue weighted by atomic mass is 16.7. The van der Waals surface area contributed by atoms with Crippen molar-refractivity contribution >= 4 is 0 Å². The maximum absolute atomic E-state index is 8.89. The van der Waals surface area contributed by atoms with Gasteiger partial charge < -0.3 is 19.3 Å². The van der Waals surface area contributed by atoms with E-state index >= 15 is 0 Å². The van der Waals surface area contributed by atoms with Crippen molar-refractivity contribution in [1.29, 1.82) is 0 Å². The minimum absolute atomic E-state index is 0.00729. The molecule has 1 N–H and O–H groups in total. The Morgan fingerprint density at radius 3 is 2.67 bits per heavy atom. The Labute approximate surface area is 88.4 Å². The van der Waals surface area contributed by atoms with Crippen molar-refractivity contribution in [2.75, 3.05) is 20.3 Å². The van der Waals surface area contributed by atoms with Gasteiger partial charge in [-0.1, -0.05) is 12.1 Å². The largest absolute Gasteiger partial charge is 0.497 e. The lowest BCUT2D eigenvalue weighted by Crippen LogP contribution is -2.14. The lowest BCUT2D eigenvalue weighted by Gasteiger charge is -2.10. The van der Waals surface area contributed by atoms with Crippen molar-refractivity contribution in [3.8, 4) is 5.75 Å². The fourth-order valence-electron chi connectivity index (χ4n) is 1.48. The molecule has 1 aromatic rings. The molecule has 2 unspecified atom stereocenters. The van der Waals surface area contributed by atoms with Gasteiger partial charge >= 0.3 is 0 Å². The summed E-state index contributed by atoms with van der Waals surface area (Å²) in [5, 5.41) is 8.89. The van der Waals surface area contributed by atoms with E-state index in [0.29, 0.717) is 6.61 Å². The molecule has 0 spiro atoms. The zero-order valence-corrected chi connectivity index (χ0v) is 8.55. The van der Waals surface area contributed by atoms with Crippen molar-refractivity contribution in [2.45, 2.75) is 12.4 Å². The molecule has 1 heterocycles. The maximum Gasteiger partial charge on any atom is 0.184 e. The first kappa shape index (κ1) is 10.4. The van der Waals surface area contributed by atoms with Crippen molar-refractivity contribution in [2.24, 2.45) is 0 Å². The summed E-state index contributed by atoms with van der Waals surface area (Å²) in [5.74, 6) is 0.801. The van der Waals surface area contributed by atoms with Crippen LogP contribution in [0.5, 0.6) is 5.75 Å². The van der Waals surface area contributed by atoms with Gasteiger partial charge in [-0.25, -0.2) is 0 Å². The monoisotopic (exact) mass is 210 g/mol.